The monoisotopic (exact) mass is 206 g/mol. The van der Waals surface area contributed by atoms with Crippen LogP contribution in [0.1, 0.15) is 25.5 Å². The van der Waals surface area contributed by atoms with Crippen molar-refractivity contribution in [1.82, 2.24) is 4.98 Å². The molecule has 1 N–H and O–H groups in total. The first kappa shape index (κ1) is 10.4. The van der Waals surface area contributed by atoms with Gasteiger partial charge < -0.3 is 10.1 Å². The first-order valence-electron chi connectivity index (χ1n) is 5.48. The lowest BCUT2D eigenvalue weighted by Crippen LogP contribution is -2.32. The van der Waals surface area contributed by atoms with E-state index in [1.807, 2.05) is 19.2 Å². The molecule has 0 radical (unpaired) electrons. The Labute approximate surface area is 90.9 Å². The lowest BCUT2D eigenvalue weighted by atomic mass is 10.0. The van der Waals surface area contributed by atoms with Gasteiger partial charge in [0.25, 0.3) is 0 Å². The van der Waals surface area contributed by atoms with Crippen LogP contribution in [0.15, 0.2) is 18.3 Å². The third-order valence-corrected chi connectivity index (χ3v) is 2.86. The number of hydrogen-bond acceptors (Lipinski definition) is 3. The Morgan fingerprint density at radius 2 is 2.47 bits per heavy atom. The smallest absolute Gasteiger partial charge is 0.0826 e. The number of nitrogens with zero attached hydrogens (tertiary/aromatic N) is 1. The summed E-state index contributed by atoms with van der Waals surface area (Å²) in [6.45, 7) is 5.93. The molecule has 0 saturated carbocycles. The predicted molar refractivity (Wildman–Crippen MR) is 61.1 cm³/mol. The molecule has 1 aromatic rings. The minimum Gasteiger partial charge on any atom is -0.382 e. The standard InChI is InChI=1S/C12H18N2O/c1-10-8-11(4-6-13-10)14-9-12(2)5-3-7-15-12/h4,6,8H,3,5,7,9H2,1-2H3,(H,13,14). The topological polar surface area (TPSA) is 34.1 Å². The Hall–Kier alpha value is -1.09. The van der Waals surface area contributed by atoms with Gasteiger partial charge in [0.2, 0.25) is 0 Å². The third kappa shape index (κ3) is 2.69. The summed E-state index contributed by atoms with van der Waals surface area (Å²) in [4.78, 5) is 4.17. The quantitative estimate of drug-likeness (QED) is 0.824. The second-order valence-electron chi connectivity index (χ2n) is 4.44. The third-order valence-electron chi connectivity index (χ3n) is 2.86. The van der Waals surface area contributed by atoms with Crippen LogP contribution >= 0.6 is 0 Å². The van der Waals surface area contributed by atoms with E-state index in [4.69, 9.17) is 4.74 Å². The normalized spacial score (nSPS) is 25.5. The summed E-state index contributed by atoms with van der Waals surface area (Å²) < 4.78 is 5.71. The number of ether oxygens (including phenoxy) is 1. The summed E-state index contributed by atoms with van der Waals surface area (Å²) in [7, 11) is 0. The molecule has 1 atom stereocenters. The fourth-order valence-corrected chi connectivity index (χ4v) is 1.92. The zero-order chi connectivity index (χ0) is 10.7. The van der Waals surface area contributed by atoms with Crippen LogP contribution in [-0.2, 0) is 4.74 Å². The maximum atomic E-state index is 5.71. The molecule has 2 rings (SSSR count). The van der Waals surface area contributed by atoms with Crippen molar-refractivity contribution in [2.45, 2.75) is 32.3 Å². The van der Waals surface area contributed by atoms with Crippen LogP contribution in [0.25, 0.3) is 0 Å². The number of pyridine rings is 1. The molecule has 1 aliphatic rings. The van der Waals surface area contributed by atoms with Gasteiger partial charge in [0.05, 0.1) is 5.60 Å². The van der Waals surface area contributed by atoms with Crippen LogP contribution in [0, 0.1) is 6.92 Å². The molecule has 2 heterocycles. The van der Waals surface area contributed by atoms with Crippen molar-refractivity contribution in [1.29, 1.82) is 0 Å². The Kier molecular flexibility index (Phi) is 2.91. The number of aryl methyl sites for hydroxylation is 1. The van der Waals surface area contributed by atoms with Crippen molar-refractivity contribution in [3.8, 4) is 0 Å². The molecule has 3 heteroatoms. The second-order valence-corrected chi connectivity index (χ2v) is 4.44. The molecule has 82 valence electrons. The van der Waals surface area contributed by atoms with E-state index in [1.54, 1.807) is 0 Å². The molecule has 0 aromatic carbocycles. The molecule has 1 aromatic heterocycles. The van der Waals surface area contributed by atoms with Gasteiger partial charge in [0, 0.05) is 30.7 Å². The predicted octanol–water partition coefficient (Wildman–Crippen LogP) is 2.37. The van der Waals surface area contributed by atoms with Gasteiger partial charge in [0.15, 0.2) is 0 Å². The van der Waals surface area contributed by atoms with Crippen LogP contribution < -0.4 is 5.32 Å². The number of rotatable bonds is 3. The zero-order valence-corrected chi connectivity index (χ0v) is 9.42. The second kappa shape index (κ2) is 4.19. The van der Waals surface area contributed by atoms with Gasteiger partial charge >= 0.3 is 0 Å². The van der Waals surface area contributed by atoms with E-state index in [0.717, 1.165) is 31.0 Å². The van der Waals surface area contributed by atoms with Gasteiger partial charge in [-0.1, -0.05) is 0 Å². The summed E-state index contributed by atoms with van der Waals surface area (Å²) in [5.74, 6) is 0. The summed E-state index contributed by atoms with van der Waals surface area (Å²) >= 11 is 0. The minimum atomic E-state index is 0.0111. The van der Waals surface area contributed by atoms with E-state index >= 15 is 0 Å². The zero-order valence-electron chi connectivity index (χ0n) is 9.42. The largest absolute Gasteiger partial charge is 0.382 e. The van der Waals surface area contributed by atoms with Crippen molar-refractivity contribution >= 4 is 5.69 Å². The fraction of sp³-hybridized carbons (Fsp3) is 0.583. The molecule has 0 amide bonds. The SMILES string of the molecule is Cc1cc(NCC2(C)CCCO2)ccn1. The van der Waals surface area contributed by atoms with E-state index in [-0.39, 0.29) is 5.60 Å². The maximum Gasteiger partial charge on any atom is 0.0826 e. The molecule has 3 nitrogen and oxygen atoms in total. The summed E-state index contributed by atoms with van der Waals surface area (Å²) in [6, 6.07) is 4.05. The summed E-state index contributed by atoms with van der Waals surface area (Å²) in [6.07, 6.45) is 4.15. The molecule has 0 bridgehead atoms. The summed E-state index contributed by atoms with van der Waals surface area (Å²) in [5, 5.41) is 3.40. The van der Waals surface area contributed by atoms with E-state index in [1.165, 1.54) is 6.42 Å². The van der Waals surface area contributed by atoms with Gasteiger partial charge in [-0.05, 0) is 38.8 Å². The van der Waals surface area contributed by atoms with Crippen LogP contribution in [-0.4, -0.2) is 23.7 Å². The Balaban J connectivity index is 1.92. The van der Waals surface area contributed by atoms with E-state index in [0.29, 0.717) is 0 Å². The number of nitrogens with one attached hydrogen (secondary N) is 1. The van der Waals surface area contributed by atoms with E-state index < -0.39 is 0 Å². The van der Waals surface area contributed by atoms with Gasteiger partial charge in [-0.15, -0.1) is 0 Å². The maximum absolute atomic E-state index is 5.71. The number of hydrogen-bond donors (Lipinski definition) is 1. The number of anilines is 1. The lowest BCUT2D eigenvalue weighted by molar-refractivity contribution is 0.0315. The average molecular weight is 206 g/mol. The van der Waals surface area contributed by atoms with E-state index in [9.17, 15) is 0 Å². The molecule has 1 aliphatic heterocycles. The van der Waals surface area contributed by atoms with Gasteiger partial charge in [0.1, 0.15) is 0 Å². The highest BCUT2D eigenvalue weighted by Gasteiger charge is 2.29. The van der Waals surface area contributed by atoms with Gasteiger partial charge in [-0.2, -0.15) is 0 Å². The summed E-state index contributed by atoms with van der Waals surface area (Å²) in [5.41, 5.74) is 2.17. The Bertz CT molecular complexity index is 332. The van der Waals surface area contributed by atoms with Crippen molar-refractivity contribution in [3.63, 3.8) is 0 Å². The Morgan fingerprint density at radius 3 is 3.13 bits per heavy atom. The van der Waals surface area contributed by atoms with Crippen molar-refractivity contribution in [2.75, 3.05) is 18.5 Å². The fourth-order valence-electron chi connectivity index (χ4n) is 1.92. The van der Waals surface area contributed by atoms with Crippen LogP contribution in [0.5, 0.6) is 0 Å². The first-order chi connectivity index (χ1) is 7.18. The molecular weight excluding hydrogens is 188 g/mol. The van der Waals surface area contributed by atoms with Crippen LogP contribution in [0.2, 0.25) is 0 Å². The van der Waals surface area contributed by atoms with Crippen molar-refractivity contribution in [3.05, 3.63) is 24.0 Å². The first-order valence-corrected chi connectivity index (χ1v) is 5.48. The van der Waals surface area contributed by atoms with Crippen molar-refractivity contribution < 1.29 is 4.74 Å². The molecule has 0 aliphatic carbocycles. The van der Waals surface area contributed by atoms with E-state index in [2.05, 4.69) is 23.3 Å². The Morgan fingerprint density at radius 1 is 1.60 bits per heavy atom. The molecule has 15 heavy (non-hydrogen) atoms. The highest BCUT2D eigenvalue weighted by Crippen LogP contribution is 2.25. The highest BCUT2D eigenvalue weighted by atomic mass is 16.5. The highest BCUT2D eigenvalue weighted by molar-refractivity contribution is 5.43. The molecule has 0 spiro atoms. The average Bonchev–Trinajstić information content (AvgIpc) is 2.63. The molecule has 1 saturated heterocycles. The lowest BCUT2D eigenvalue weighted by Gasteiger charge is -2.24. The van der Waals surface area contributed by atoms with Crippen LogP contribution in [0.3, 0.4) is 0 Å². The molecule has 1 fully saturated rings. The molecular formula is C12H18N2O. The van der Waals surface area contributed by atoms with Crippen LogP contribution in [0.4, 0.5) is 5.69 Å². The number of aromatic nitrogens is 1. The minimum absolute atomic E-state index is 0.0111. The molecule has 1 unspecified atom stereocenters. The van der Waals surface area contributed by atoms with Gasteiger partial charge in [-0.25, -0.2) is 0 Å². The van der Waals surface area contributed by atoms with Gasteiger partial charge in [-0.3, -0.25) is 4.98 Å². The van der Waals surface area contributed by atoms with Crippen molar-refractivity contribution in [2.24, 2.45) is 0 Å².